The molecule has 1 N–H and O–H groups in total. The first-order valence-corrected chi connectivity index (χ1v) is 8.69. The zero-order chi connectivity index (χ0) is 19.0. The molecule has 0 atom stereocenters. The van der Waals surface area contributed by atoms with E-state index in [1.54, 1.807) is 18.2 Å². The molecule has 0 aliphatic carbocycles. The molecule has 5 nitrogen and oxygen atoms in total. The maximum absolute atomic E-state index is 13.4. The minimum atomic E-state index is -2.60. The Bertz CT molecular complexity index is 1000. The van der Waals surface area contributed by atoms with E-state index >= 15 is 0 Å². The summed E-state index contributed by atoms with van der Waals surface area (Å²) in [6.07, 6.45) is -2.60. The van der Waals surface area contributed by atoms with Gasteiger partial charge in [-0.3, -0.25) is 4.79 Å². The van der Waals surface area contributed by atoms with Gasteiger partial charge in [-0.05, 0) is 12.1 Å². The zero-order valence-corrected chi connectivity index (χ0v) is 14.7. The van der Waals surface area contributed by atoms with E-state index < -0.39 is 6.43 Å². The zero-order valence-electron chi connectivity index (χ0n) is 14.7. The lowest BCUT2D eigenvalue weighted by Gasteiger charge is -2.40. The number of hydrogen-bond acceptors (Lipinski definition) is 4. The number of hydrogen-bond donors (Lipinski definition) is 1. The lowest BCUT2D eigenvalue weighted by molar-refractivity contribution is -0.119. The van der Waals surface area contributed by atoms with E-state index in [1.165, 1.54) is 13.0 Å². The van der Waals surface area contributed by atoms with E-state index in [4.69, 9.17) is 0 Å². The van der Waals surface area contributed by atoms with Crippen LogP contribution in [0.3, 0.4) is 0 Å². The third-order valence-corrected chi connectivity index (χ3v) is 4.61. The quantitative estimate of drug-likeness (QED) is 0.765. The second kappa shape index (κ2) is 6.90. The Morgan fingerprint density at radius 1 is 1.11 bits per heavy atom. The Labute approximate surface area is 155 Å². The number of nitrogens with zero attached hydrogens (tertiary/aromatic N) is 3. The molecule has 2 heterocycles. The van der Waals surface area contributed by atoms with Crippen molar-refractivity contribution in [2.24, 2.45) is 0 Å². The third-order valence-electron chi connectivity index (χ3n) is 4.61. The number of alkyl halides is 2. The highest BCUT2D eigenvalue weighted by atomic mass is 19.3. The summed E-state index contributed by atoms with van der Waals surface area (Å²) in [6, 6.07) is 13.9. The maximum Gasteiger partial charge on any atom is 0.264 e. The Morgan fingerprint density at radius 3 is 2.56 bits per heavy atom. The van der Waals surface area contributed by atoms with Gasteiger partial charge in [0.2, 0.25) is 5.91 Å². The van der Waals surface area contributed by atoms with Crippen molar-refractivity contribution >= 4 is 22.6 Å². The Kier molecular flexibility index (Phi) is 4.43. The molecule has 3 aromatic rings. The number of nitrogens with one attached hydrogen (secondary N) is 1. The Hall–Kier alpha value is -3.09. The summed E-state index contributed by atoms with van der Waals surface area (Å²) >= 11 is 0. The SMILES string of the molecule is CC(=O)NC1CN(c2nc(-c3ccccc3C(F)F)nc3ccccc23)C1. The monoisotopic (exact) mass is 368 g/mol. The highest BCUT2D eigenvalue weighted by Crippen LogP contribution is 2.33. The highest BCUT2D eigenvalue weighted by molar-refractivity contribution is 5.91. The van der Waals surface area contributed by atoms with Crippen LogP contribution in [0.1, 0.15) is 18.9 Å². The number of anilines is 1. The summed E-state index contributed by atoms with van der Waals surface area (Å²) in [5.41, 5.74) is 0.946. The predicted molar refractivity (Wildman–Crippen MR) is 99.7 cm³/mol. The average molecular weight is 368 g/mol. The van der Waals surface area contributed by atoms with Gasteiger partial charge >= 0.3 is 0 Å². The molecule has 1 aliphatic heterocycles. The molecular formula is C20H18F2N4O. The van der Waals surface area contributed by atoms with Crippen LogP contribution in [-0.2, 0) is 4.79 Å². The van der Waals surface area contributed by atoms with Gasteiger partial charge in [-0.15, -0.1) is 0 Å². The largest absolute Gasteiger partial charge is 0.352 e. The van der Waals surface area contributed by atoms with Gasteiger partial charge in [0.25, 0.3) is 6.43 Å². The molecule has 27 heavy (non-hydrogen) atoms. The van der Waals surface area contributed by atoms with Gasteiger partial charge in [0.05, 0.1) is 11.6 Å². The highest BCUT2D eigenvalue weighted by Gasteiger charge is 2.30. The van der Waals surface area contributed by atoms with Gasteiger partial charge in [0.1, 0.15) is 5.82 Å². The number of benzene rings is 2. The molecule has 0 bridgehead atoms. The van der Waals surface area contributed by atoms with Crippen molar-refractivity contribution in [3.8, 4) is 11.4 Å². The third kappa shape index (κ3) is 3.32. The fourth-order valence-electron chi connectivity index (χ4n) is 3.34. The number of aromatic nitrogens is 2. The first kappa shape index (κ1) is 17.3. The fraction of sp³-hybridized carbons (Fsp3) is 0.250. The van der Waals surface area contributed by atoms with Crippen LogP contribution < -0.4 is 10.2 Å². The molecule has 0 spiro atoms. The van der Waals surface area contributed by atoms with Crippen LogP contribution in [0.2, 0.25) is 0 Å². The van der Waals surface area contributed by atoms with Crippen molar-refractivity contribution in [3.63, 3.8) is 0 Å². The summed E-state index contributed by atoms with van der Waals surface area (Å²) in [4.78, 5) is 22.4. The molecule has 4 rings (SSSR count). The molecule has 1 aromatic heterocycles. The van der Waals surface area contributed by atoms with Crippen molar-refractivity contribution in [2.75, 3.05) is 18.0 Å². The molecular weight excluding hydrogens is 350 g/mol. The van der Waals surface area contributed by atoms with Crippen LogP contribution >= 0.6 is 0 Å². The van der Waals surface area contributed by atoms with Crippen LogP contribution in [-0.4, -0.2) is 35.0 Å². The van der Waals surface area contributed by atoms with E-state index in [0.717, 1.165) is 5.39 Å². The Morgan fingerprint density at radius 2 is 1.81 bits per heavy atom. The summed E-state index contributed by atoms with van der Waals surface area (Å²) in [5, 5.41) is 3.73. The van der Waals surface area contributed by atoms with Crippen molar-refractivity contribution < 1.29 is 13.6 Å². The van der Waals surface area contributed by atoms with Crippen molar-refractivity contribution in [1.29, 1.82) is 0 Å². The van der Waals surface area contributed by atoms with Crippen LogP contribution in [0.4, 0.5) is 14.6 Å². The smallest absolute Gasteiger partial charge is 0.264 e. The molecule has 0 unspecified atom stereocenters. The number of para-hydroxylation sites is 1. The minimum Gasteiger partial charge on any atom is -0.352 e. The second-order valence-corrected chi connectivity index (χ2v) is 6.58. The second-order valence-electron chi connectivity index (χ2n) is 6.58. The Balaban J connectivity index is 1.78. The van der Waals surface area contributed by atoms with Crippen LogP contribution in [0.5, 0.6) is 0 Å². The molecule has 1 saturated heterocycles. The van der Waals surface area contributed by atoms with E-state index in [-0.39, 0.29) is 23.3 Å². The number of amides is 1. The first-order chi connectivity index (χ1) is 13.0. The fourth-order valence-corrected chi connectivity index (χ4v) is 3.34. The van der Waals surface area contributed by atoms with E-state index in [0.29, 0.717) is 30.0 Å². The summed E-state index contributed by atoms with van der Waals surface area (Å²) in [6.45, 7) is 2.73. The van der Waals surface area contributed by atoms with Gasteiger partial charge in [-0.2, -0.15) is 0 Å². The van der Waals surface area contributed by atoms with E-state index in [2.05, 4.69) is 15.3 Å². The molecule has 1 amide bonds. The maximum atomic E-state index is 13.4. The van der Waals surface area contributed by atoms with Crippen LogP contribution in [0.15, 0.2) is 48.5 Å². The van der Waals surface area contributed by atoms with Crippen molar-refractivity contribution in [3.05, 3.63) is 54.1 Å². The number of rotatable bonds is 4. The number of halogens is 2. The van der Waals surface area contributed by atoms with Gasteiger partial charge < -0.3 is 10.2 Å². The predicted octanol–water partition coefficient (Wildman–Crippen LogP) is 3.56. The topological polar surface area (TPSA) is 58.1 Å². The molecule has 7 heteroatoms. The summed E-state index contributed by atoms with van der Waals surface area (Å²) < 4.78 is 26.9. The first-order valence-electron chi connectivity index (χ1n) is 8.69. The molecule has 0 radical (unpaired) electrons. The van der Waals surface area contributed by atoms with E-state index in [1.807, 2.05) is 29.2 Å². The minimum absolute atomic E-state index is 0.0630. The molecule has 0 saturated carbocycles. The lowest BCUT2D eigenvalue weighted by atomic mass is 10.1. The molecule has 138 valence electrons. The number of carbonyl (C=O) groups is 1. The normalized spacial score (nSPS) is 14.4. The van der Waals surface area contributed by atoms with Gasteiger partial charge in [0.15, 0.2) is 5.82 Å². The number of carbonyl (C=O) groups excluding carboxylic acids is 1. The van der Waals surface area contributed by atoms with Crippen molar-refractivity contribution in [1.82, 2.24) is 15.3 Å². The molecule has 2 aromatic carbocycles. The van der Waals surface area contributed by atoms with Gasteiger partial charge in [-0.25, -0.2) is 18.7 Å². The van der Waals surface area contributed by atoms with E-state index in [9.17, 15) is 13.6 Å². The van der Waals surface area contributed by atoms with Crippen LogP contribution in [0.25, 0.3) is 22.3 Å². The van der Waals surface area contributed by atoms with Crippen LogP contribution in [0, 0.1) is 0 Å². The molecule has 1 aliphatic rings. The number of fused-ring (bicyclic) bond motifs is 1. The standard InChI is InChI=1S/C20H18F2N4O/c1-12(27)23-13-10-26(11-13)20-16-8-4-5-9-17(16)24-19(25-20)15-7-3-2-6-14(15)18(21)22/h2-9,13,18H,10-11H2,1H3,(H,23,27). The lowest BCUT2D eigenvalue weighted by Crippen LogP contribution is -2.59. The average Bonchev–Trinajstić information content (AvgIpc) is 2.63. The molecule has 1 fully saturated rings. The van der Waals surface area contributed by atoms with Gasteiger partial charge in [0, 0.05) is 36.5 Å². The summed E-state index contributed by atoms with van der Waals surface area (Å²) in [7, 11) is 0. The van der Waals surface area contributed by atoms with Crippen molar-refractivity contribution in [2.45, 2.75) is 19.4 Å². The van der Waals surface area contributed by atoms with Gasteiger partial charge in [-0.1, -0.05) is 36.4 Å². The summed E-state index contributed by atoms with van der Waals surface area (Å²) in [5.74, 6) is 0.905.